The minimum absolute atomic E-state index is 0.0439. The molecule has 0 amide bonds. The van der Waals surface area contributed by atoms with E-state index in [1.54, 1.807) is 0 Å². The number of aryl methyl sites for hydroxylation is 1. The third-order valence-corrected chi connectivity index (χ3v) is 5.24. The molecular weight excluding hydrogens is 283 g/mol. The lowest BCUT2D eigenvalue weighted by atomic mass is 10.1. The topological polar surface area (TPSA) is 92.4 Å². The highest BCUT2D eigenvalue weighted by atomic mass is 32.2. The fourth-order valence-electron chi connectivity index (χ4n) is 2.60. The minimum atomic E-state index is -3.76. The molecule has 0 aromatic heterocycles. The van der Waals surface area contributed by atoms with Gasteiger partial charge in [0.15, 0.2) is 0 Å². The summed E-state index contributed by atoms with van der Waals surface area (Å²) in [6, 6.07) is 2.10. The molecule has 4 N–H and O–H groups in total. The summed E-state index contributed by atoms with van der Waals surface area (Å²) in [5.74, 6) is -0.665. The largest absolute Gasteiger partial charge is 0.396 e. The van der Waals surface area contributed by atoms with E-state index in [9.17, 15) is 17.9 Å². The number of halogens is 1. The van der Waals surface area contributed by atoms with Gasteiger partial charge in [0.25, 0.3) is 0 Å². The molecule has 1 aromatic rings. The third-order valence-electron chi connectivity index (χ3n) is 3.77. The first-order chi connectivity index (χ1) is 9.35. The van der Waals surface area contributed by atoms with Crippen LogP contribution < -0.4 is 10.5 Å². The van der Waals surface area contributed by atoms with Gasteiger partial charge >= 0.3 is 0 Å². The highest BCUT2D eigenvalue weighted by Gasteiger charge is 2.31. The van der Waals surface area contributed by atoms with E-state index in [0.29, 0.717) is 6.42 Å². The van der Waals surface area contributed by atoms with Gasteiger partial charge in [-0.25, -0.2) is 17.5 Å². The van der Waals surface area contributed by atoms with E-state index < -0.39 is 15.8 Å². The number of anilines is 1. The molecule has 5 nitrogen and oxygen atoms in total. The van der Waals surface area contributed by atoms with Gasteiger partial charge in [-0.2, -0.15) is 0 Å². The average Bonchev–Trinajstić information content (AvgIpc) is 2.81. The van der Waals surface area contributed by atoms with Crippen molar-refractivity contribution >= 4 is 15.7 Å². The van der Waals surface area contributed by atoms with Crippen LogP contribution >= 0.6 is 0 Å². The molecule has 0 aliphatic heterocycles. The zero-order valence-corrected chi connectivity index (χ0v) is 12.1. The Balaban J connectivity index is 2.27. The Bertz CT molecular complexity index is 581. The van der Waals surface area contributed by atoms with E-state index in [2.05, 4.69) is 4.72 Å². The van der Waals surface area contributed by atoms with Crippen LogP contribution in [0.25, 0.3) is 0 Å². The number of nitrogens with two attached hydrogens (primary N) is 1. The molecule has 0 saturated heterocycles. The second-order valence-corrected chi connectivity index (χ2v) is 6.96. The van der Waals surface area contributed by atoms with E-state index in [0.717, 1.165) is 18.9 Å². The maximum Gasteiger partial charge on any atom is 0.240 e. The van der Waals surface area contributed by atoms with Gasteiger partial charge in [-0.05, 0) is 43.4 Å². The molecule has 2 atom stereocenters. The summed E-state index contributed by atoms with van der Waals surface area (Å²) in [7, 11) is -3.76. The fourth-order valence-corrected chi connectivity index (χ4v) is 4.05. The number of nitrogen functional groups attached to an aromatic ring is 1. The molecule has 0 bridgehead atoms. The number of hydrogen-bond acceptors (Lipinski definition) is 4. The zero-order chi connectivity index (χ0) is 14.9. The second kappa shape index (κ2) is 5.67. The van der Waals surface area contributed by atoms with Crippen molar-refractivity contribution in [2.45, 2.75) is 37.1 Å². The molecule has 0 spiro atoms. The molecule has 7 heteroatoms. The van der Waals surface area contributed by atoms with Crippen LogP contribution in [0.2, 0.25) is 0 Å². The number of sulfonamides is 1. The quantitative estimate of drug-likeness (QED) is 0.728. The Morgan fingerprint density at radius 3 is 2.75 bits per heavy atom. The first-order valence-corrected chi connectivity index (χ1v) is 8.02. The average molecular weight is 302 g/mol. The molecule has 0 heterocycles. The van der Waals surface area contributed by atoms with Crippen LogP contribution in [-0.4, -0.2) is 26.2 Å². The highest BCUT2D eigenvalue weighted by molar-refractivity contribution is 7.89. The SMILES string of the molecule is Cc1cc(S(=O)(=O)NC2CCCC2CO)cc(N)c1F. The predicted octanol–water partition coefficient (Wildman–Crippen LogP) is 1.16. The van der Waals surface area contributed by atoms with Crippen LogP contribution in [0.5, 0.6) is 0 Å². The van der Waals surface area contributed by atoms with Gasteiger partial charge < -0.3 is 10.8 Å². The lowest BCUT2D eigenvalue weighted by Gasteiger charge is -2.19. The molecule has 112 valence electrons. The van der Waals surface area contributed by atoms with Gasteiger partial charge in [0.2, 0.25) is 10.0 Å². The standard InChI is InChI=1S/C13H19FN2O3S/c1-8-5-10(6-11(15)13(8)14)20(18,19)16-12-4-2-3-9(12)7-17/h5-6,9,12,16-17H,2-4,7,15H2,1H3. The summed E-state index contributed by atoms with van der Waals surface area (Å²) >= 11 is 0. The van der Waals surface area contributed by atoms with Crippen LogP contribution in [0.3, 0.4) is 0 Å². The summed E-state index contributed by atoms with van der Waals surface area (Å²) in [5, 5.41) is 9.22. The van der Waals surface area contributed by atoms with Crippen LogP contribution in [0.4, 0.5) is 10.1 Å². The summed E-state index contributed by atoms with van der Waals surface area (Å²) < 4.78 is 40.6. The van der Waals surface area contributed by atoms with Gasteiger partial charge in [-0.3, -0.25) is 0 Å². The molecule has 2 rings (SSSR count). The fraction of sp³-hybridized carbons (Fsp3) is 0.538. The molecule has 0 radical (unpaired) electrons. The Kier molecular flexibility index (Phi) is 4.31. The monoisotopic (exact) mass is 302 g/mol. The Labute approximate surface area is 118 Å². The first-order valence-electron chi connectivity index (χ1n) is 6.54. The first kappa shape index (κ1) is 15.2. The van der Waals surface area contributed by atoms with Crippen molar-refractivity contribution in [3.63, 3.8) is 0 Å². The molecular formula is C13H19FN2O3S. The van der Waals surface area contributed by atoms with Gasteiger partial charge in [0.1, 0.15) is 5.82 Å². The predicted molar refractivity (Wildman–Crippen MR) is 74.1 cm³/mol. The van der Waals surface area contributed by atoms with Crippen molar-refractivity contribution < 1.29 is 17.9 Å². The zero-order valence-electron chi connectivity index (χ0n) is 11.3. The van der Waals surface area contributed by atoms with Gasteiger partial charge in [-0.1, -0.05) is 6.42 Å². The van der Waals surface area contributed by atoms with Crippen molar-refractivity contribution in [2.24, 2.45) is 5.92 Å². The number of hydrogen-bond donors (Lipinski definition) is 3. The molecule has 1 fully saturated rings. The Hall–Kier alpha value is -1.18. The van der Waals surface area contributed by atoms with Crippen molar-refractivity contribution in [1.82, 2.24) is 4.72 Å². The van der Waals surface area contributed by atoms with Gasteiger partial charge in [0, 0.05) is 12.6 Å². The molecule has 1 aliphatic carbocycles. The van der Waals surface area contributed by atoms with Crippen molar-refractivity contribution in [2.75, 3.05) is 12.3 Å². The highest BCUT2D eigenvalue weighted by Crippen LogP contribution is 2.27. The van der Waals surface area contributed by atoms with Crippen molar-refractivity contribution in [3.05, 3.63) is 23.5 Å². The van der Waals surface area contributed by atoms with E-state index >= 15 is 0 Å². The van der Waals surface area contributed by atoms with Crippen LogP contribution in [0.15, 0.2) is 17.0 Å². The summed E-state index contributed by atoms with van der Waals surface area (Å²) in [4.78, 5) is -0.0440. The summed E-state index contributed by atoms with van der Waals surface area (Å²) in [5.41, 5.74) is 5.48. The normalized spacial score (nSPS) is 23.1. The van der Waals surface area contributed by atoms with Crippen LogP contribution in [-0.2, 0) is 10.0 Å². The molecule has 1 aliphatic rings. The minimum Gasteiger partial charge on any atom is -0.396 e. The number of rotatable bonds is 4. The Morgan fingerprint density at radius 1 is 1.45 bits per heavy atom. The maximum atomic E-state index is 13.4. The van der Waals surface area contributed by atoms with E-state index in [1.165, 1.54) is 13.0 Å². The van der Waals surface area contributed by atoms with Gasteiger partial charge in [0.05, 0.1) is 10.6 Å². The van der Waals surface area contributed by atoms with Crippen LogP contribution in [0.1, 0.15) is 24.8 Å². The number of nitrogens with one attached hydrogen (secondary N) is 1. The van der Waals surface area contributed by atoms with Crippen molar-refractivity contribution in [1.29, 1.82) is 0 Å². The molecule has 1 saturated carbocycles. The summed E-state index contributed by atoms with van der Waals surface area (Å²) in [6.45, 7) is 1.43. The smallest absolute Gasteiger partial charge is 0.240 e. The Morgan fingerprint density at radius 2 is 2.15 bits per heavy atom. The van der Waals surface area contributed by atoms with E-state index in [1.807, 2.05) is 0 Å². The van der Waals surface area contributed by atoms with Crippen LogP contribution in [0, 0.1) is 18.7 Å². The van der Waals surface area contributed by atoms with E-state index in [-0.39, 0.29) is 34.7 Å². The number of aliphatic hydroxyl groups is 1. The summed E-state index contributed by atoms with van der Waals surface area (Å²) in [6.07, 6.45) is 2.37. The van der Waals surface area contributed by atoms with E-state index in [4.69, 9.17) is 5.73 Å². The van der Waals surface area contributed by atoms with Crippen molar-refractivity contribution in [3.8, 4) is 0 Å². The number of aliphatic hydroxyl groups excluding tert-OH is 1. The molecule has 1 aromatic carbocycles. The molecule has 20 heavy (non-hydrogen) atoms. The lowest BCUT2D eigenvalue weighted by Crippen LogP contribution is -2.38. The third kappa shape index (κ3) is 2.94. The maximum absolute atomic E-state index is 13.4. The molecule has 2 unspecified atom stereocenters. The van der Waals surface area contributed by atoms with Gasteiger partial charge in [-0.15, -0.1) is 0 Å². The number of benzene rings is 1. The lowest BCUT2D eigenvalue weighted by molar-refractivity contribution is 0.213. The second-order valence-electron chi connectivity index (χ2n) is 5.24.